The van der Waals surface area contributed by atoms with Crippen LogP contribution in [-0.4, -0.2) is 104 Å². The third-order valence-corrected chi connectivity index (χ3v) is 10.4. The van der Waals surface area contributed by atoms with Crippen molar-refractivity contribution < 1.29 is 48.0 Å². The van der Waals surface area contributed by atoms with Gasteiger partial charge < -0.3 is 38.6 Å². The Hall–Kier alpha value is -3.65. The van der Waals surface area contributed by atoms with Crippen molar-refractivity contribution >= 4 is 41.2 Å². The summed E-state index contributed by atoms with van der Waals surface area (Å²) in [5.74, 6) is -1.88. The monoisotopic (exact) mass is 719 g/mol. The summed E-state index contributed by atoms with van der Waals surface area (Å²) in [6.07, 6.45) is 1.00. The average molecular weight is 720 g/mol. The number of esters is 1. The molecular formula is C36H50ClN3O10. The molecule has 2 N–H and O–H groups in total. The average Bonchev–Trinajstić information content (AvgIpc) is 3.76. The molecule has 0 radical (unpaired) electrons. The van der Waals surface area contributed by atoms with E-state index in [0.717, 1.165) is 11.1 Å². The molecule has 3 heterocycles. The van der Waals surface area contributed by atoms with Gasteiger partial charge in [-0.2, -0.15) is 0 Å². The number of hydrogen-bond acceptors (Lipinski definition) is 10. The van der Waals surface area contributed by atoms with Crippen molar-refractivity contribution in [2.45, 2.75) is 103 Å². The van der Waals surface area contributed by atoms with Crippen LogP contribution in [0, 0.1) is 11.8 Å². The van der Waals surface area contributed by atoms with Gasteiger partial charge in [-0.3, -0.25) is 14.9 Å². The largest absolute Gasteiger partial charge is 0.495 e. The van der Waals surface area contributed by atoms with Crippen molar-refractivity contribution in [3.63, 3.8) is 0 Å². The smallest absolute Gasteiger partial charge is 0.409 e. The number of ether oxygens (including phenoxy) is 5. The minimum absolute atomic E-state index is 0.0449. The molecule has 3 amide bonds. The number of amides is 3. The summed E-state index contributed by atoms with van der Waals surface area (Å²) >= 11 is 6.74. The number of allylic oxidation sites excluding steroid dienone is 3. The van der Waals surface area contributed by atoms with Crippen molar-refractivity contribution in [2.24, 2.45) is 11.8 Å². The molecule has 2 saturated heterocycles. The molecule has 8 atom stereocenters. The molecule has 13 nitrogen and oxygen atoms in total. The van der Waals surface area contributed by atoms with E-state index in [1.54, 1.807) is 66.0 Å². The molecule has 4 rings (SSSR count). The lowest BCUT2D eigenvalue weighted by atomic mass is 9.83. The lowest BCUT2D eigenvalue weighted by Crippen LogP contribution is -2.63. The maximum Gasteiger partial charge on any atom is 0.409 e. The predicted molar refractivity (Wildman–Crippen MR) is 186 cm³/mol. The molecule has 0 aromatic heterocycles. The number of carbonyl (C=O) groups is 4. The van der Waals surface area contributed by atoms with Gasteiger partial charge in [-0.15, -0.1) is 0 Å². The van der Waals surface area contributed by atoms with Crippen molar-refractivity contribution in [3.05, 3.63) is 46.5 Å². The van der Waals surface area contributed by atoms with Gasteiger partial charge in [-0.1, -0.05) is 56.2 Å². The Morgan fingerprint density at radius 3 is 2.50 bits per heavy atom. The molecule has 0 saturated carbocycles. The number of nitrogens with one attached hydrogen (secondary N) is 1. The van der Waals surface area contributed by atoms with E-state index in [-0.39, 0.29) is 29.7 Å². The van der Waals surface area contributed by atoms with Gasteiger partial charge >= 0.3 is 12.1 Å². The van der Waals surface area contributed by atoms with Crippen LogP contribution in [0.1, 0.15) is 59.9 Å². The van der Waals surface area contributed by atoms with E-state index < -0.39 is 65.7 Å². The van der Waals surface area contributed by atoms with E-state index >= 15 is 0 Å². The van der Waals surface area contributed by atoms with Gasteiger partial charge in [0.2, 0.25) is 11.8 Å². The predicted octanol–water partition coefficient (Wildman–Crippen LogP) is 4.17. The number of anilines is 1. The molecule has 0 aliphatic carbocycles. The highest BCUT2D eigenvalue weighted by atomic mass is 35.5. The minimum Gasteiger partial charge on any atom is -0.495 e. The fraction of sp³-hybridized carbons (Fsp3) is 0.611. The molecule has 3 aliphatic heterocycles. The summed E-state index contributed by atoms with van der Waals surface area (Å²) in [4.78, 5) is 55.8. The highest BCUT2D eigenvalue weighted by molar-refractivity contribution is 6.35. The van der Waals surface area contributed by atoms with Gasteiger partial charge in [0, 0.05) is 39.5 Å². The second kappa shape index (κ2) is 15.3. The zero-order valence-corrected chi connectivity index (χ0v) is 31.2. The fourth-order valence-electron chi connectivity index (χ4n) is 6.60. The van der Waals surface area contributed by atoms with Crippen LogP contribution in [0.5, 0.6) is 5.75 Å². The van der Waals surface area contributed by atoms with Crippen LogP contribution in [-0.2, 0) is 39.8 Å². The number of halogens is 1. The lowest BCUT2D eigenvalue weighted by molar-refractivity contribution is -0.162. The number of likely N-dealkylation sites (N-methyl/N-ethyl adjacent to an activating group) is 1. The number of methoxy groups -OCH3 is 2. The van der Waals surface area contributed by atoms with E-state index in [2.05, 4.69) is 5.32 Å². The molecule has 0 spiro atoms. The first-order valence-corrected chi connectivity index (χ1v) is 17.1. The van der Waals surface area contributed by atoms with Crippen molar-refractivity contribution in [2.75, 3.05) is 33.2 Å². The lowest BCUT2D eigenvalue weighted by Gasteiger charge is -2.42. The van der Waals surface area contributed by atoms with Gasteiger partial charge in [-0.25, -0.2) is 9.59 Å². The summed E-state index contributed by atoms with van der Waals surface area (Å²) in [6, 6.07) is 2.63. The number of carbonyl (C=O) groups excluding carboxylic acids is 4. The van der Waals surface area contributed by atoms with Crippen LogP contribution < -0.4 is 15.0 Å². The highest BCUT2D eigenvalue weighted by Crippen LogP contribution is 2.49. The van der Waals surface area contributed by atoms with Crippen LogP contribution in [0.2, 0.25) is 5.02 Å². The zero-order valence-electron chi connectivity index (χ0n) is 30.4. The quantitative estimate of drug-likeness (QED) is 0.323. The number of rotatable bonds is 6. The van der Waals surface area contributed by atoms with Gasteiger partial charge in [0.1, 0.15) is 40.7 Å². The molecular weight excluding hydrogens is 670 g/mol. The number of hydrogen-bond donors (Lipinski definition) is 2. The summed E-state index contributed by atoms with van der Waals surface area (Å²) in [7, 11) is 6.02. The zero-order chi connectivity index (χ0) is 37.3. The molecule has 50 heavy (non-hydrogen) atoms. The number of nitrogens with zero attached hydrogens (tertiary/aromatic N) is 2. The van der Waals surface area contributed by atoms with Gasteiger partial charge in [0.15, 0.2) is 5.72 Å². The third-order valence-electron chi connectivity index (χ3n) is 9.97. The van der Waals surface area contributed by atoms with Crippen molar-refractivity contribution in [1.29, 1.82) is 0 Å². The van der Waals surface area contributed by atoms with E-state index in [9.17, 15) is 24.3 Å². The second-order valence-corrected chi connectivity index (χ2v) is 14.4. The second-order valence-electron chi connectivity index (χ2n) is 14.0. The van der Waals surface area contributed by atoms with Gasteiger partial charge in [0.25, 0.3) is 0 Å². The van der Waals surface area contributed by atoms with Crippen LogP contribution in [0.4, 0.5) is 10.5 Å². The number of benzene rings is 1. The summed E-state index contributed by atoms with van der Waals surface area (Å²) in [6.45, 7) is 10.5. The third kappa shape index (κ3) is 8.11. The maximum atomic E-state index is 14.1. The maximum absolute atomic E-state index is 14.1. The summed E-state index contributed by atoms with van der Waals surface area (Å²) < 4.78 is 29.1. The van der Waals surface area contributed by atoms with Crippen molar-refractivity contribution in [3.8, 4) is 5.75 Å². The SMILES string of the molecule is COc1cc2cc(c1Cl)N(C)C(=O)CC(OC(=O)[C@H](C)N(C)C(=O)C(C)C)[C@]1(C)O[C@H]1[C@H](C)[C@@H]1C[C@@](O)(NC(=O)O1)[C@H](OC)/C=C\C=C(\C)C2. The highest BCUT2D eigenvalue weighted by Gasteiger charge is 2.64. The van der Waals surface area contributed by atoms with E-state index in [0.29, 0.717) is 17.9 Å². The summed E-state index contributed by atoms with van der Waals surface area (Å²) in [5.41, 5.74) is -0.881. The molecule has 276 valence electrons. The Kier molecular flexibility index (Phi) is 12.0. The topological polar surface area (TPSA) is 156 Å². The number of epoxide rings is 1. The van der Waals surface area contributed by atoms with Crippen LogP contribution in [0.3, 0.4) is 0 Å². The standard InChI is InChI=1S/C36H50ClN3O10/c1-19(2)32(42)39(7)22(5)33(43)49-28-17-29(41)40(8)24-15-23(16-25(46-9)30(24)37)14-20(3)12-11-13-27(47-10)36(45)18-26(48-34(44)38-36)21(4)31-35(28,6)50-31/h11-13,15-16,19,21-22,26-28,31,45H,14,17-18H2,1-10H3,(H,38,44)/b13-11-,20-12-/t21-,22+,26+,27-,28?,31+,35+,36+/m1/s1. The number of aliphatic hydroxyl groups is 1. The Labute approximate surface area is 298 Å². The molecule has 14 heteroatoms. The van der Waals surface area contributed by atoms with Crippen LogP contribution in [0.15, 0.2) is 35.9 Å². The first-order valence-electron chi connectivity index (χ1n) is 16.7. The normalized spacial score (nSPS) is 32.5. The Balaban J connectivity index is 1.78. The first-order chi connectivity index (χ1) is 23.4. The van der Waals surface area contributed by atoms with Gasteiger partial charge in [0.05, 0.1) is 25.3 Å². The van der Waals surface area contributed by atoms with E-state index in [4.69, 9.17) is 35.3 Å². The van der Waals surface area contributed by atoms with Crippen LogP contribution in [0.25, 0.3) is 0 Å². The Morgan fingerprint density at radius 1 is 1.20 bits per heavy atom. The number of alkyl carbamates (subject to hydrolysis) is 1. The first kappa shape index (κ1) is 39.1. The molecule has 1 aromatic carbocycles. The molecule has 3 aliphatic rings. The molecule has 2 fully saturated rings. The number of fused-ring (bicyclic) bond motifs is 5. The molecule has 4 bridgehead atoms. The Bertz CT molecular complexity index is 1550. The molecule has 1 unspecified atom stereocenters. The van der Waals surface area contributed by atoms with E-state index in [1.165, 1.54) is 31.1 Å². The Morgan fingerprint density at radius 2 is 1.88 bits per heavy atom. The van der Waals surface area contributed by atoms with Gasteiger partial charge in [-0.05, 0) is 44.9 Å². The van der Waals surface area contributed by atoms with E-state index in [1.807, 2.05) is 13.0 Å². The minimum atomic E-state index is -1.82. The molecule has 1 aromatic rings. The van der Waals surface area contributed by atoms with Crippen molar-refractivity contribution in [1.82, 2.24) is 10.2 Å². The fourth-order valence-corrected chi connectivity index (χ4v) is 6.91. The van der Waals surface area contributed by atoms with Crippen LogP contribution >= 0.6 is 11.6 Å². The summed E-state index contributed by atoms with van der Waals surface area (Å²) in [5, 5.41) is 14.4.